The molecule has 37 heavy (non-hydrogen) atoms. The summed E-state index contributed by atoms with van der Waals surface area (Å²) in [6, 6.07) is 28.9. The SMILES string of the molecule is Cc1cc(C)cc(CN(Cc2ccc(Cl)cc2)Cc2ccc(COC(=O)c3cc(C)cc(C)c3)cc2)c1. The largest absolute Gasteiger partial charge is 0.457 e. The first-order chi connectivity index (χ1) is 17.7. The van der Waals surface area contributed by atoms with E-state index < -0.39 is 0 Å². The highest BCUT2D eigenvalue weighted by atomic mass is 35.5. The monoisotopic (exact) mass is 511 g/mol. The van der Waals surface area contributed by atoms with Gasteiger partial charge in [0.15, 0.2) is 0 Å². The van der Waals surface area contributed by atoms with Crippen LogP contribution in [0, 0.1) is 27.7 Å². The molecule has 190 valence electrons. The Kier molecular flexibility index (Phi) is 8.81. The minimum atomic E-state index is -0.293. The van der Waals surface area contributed by atoms with Crippen molar-refractivity contribution in [1.29, 1.82) is 0 Å². The Labute approximate surface area is 225 Å². The number of halogens is 1. The molecular formula is C33H34ClNO2. The standard InChI is InChI=1S/C33H34ClNO2/c1-23-13-24(2)16-30(15-23)21-35(20-28-9-11-32(34)12-10-28)19-27-5-7-29(8-6-27)22-37-33(36)31-17-25(3)14-26(4)18-31/h5-18H,19-22H2,1-4H3. The molecule has 0 aromatic heterocycles. The molecule has 0 aliphatic rings. The second-order valence-electron chi connectivity index (χ2n) is 10.0. The second-order valence-corrected chi connectivity index (χ2v) is 10.5. The molecular weight excluding hydrogens is 478 g/mol. The molecule has 4 rings (SSSR count). The van der Waals surface area contributed by atoms with E-state index in [-0.39, 0.29) is 12.6 Å². The van der Waals surface area contributed by atoms with E-state index in [1.54, 1.807) is 0 Å². The summed E-state index contributed by atoms with van der Waals surface area (Å²) in [4.78, 5) is 15.0. The van der Waals surface area contributed by atoms with Crippen molar-refractivity contribution in [3.8, 4) is 0 Å². The lowest BCUT2D eigenvalue weighted by Gasteiger charge is -2.23. The molecule has 3 nitrogen and oxygen atoms in total. The van der Waals surface area contributed by atoms with Gasteiger partial charge < -0.3 is 4.74 Å². The number of hydrogen-bond donors (Lipinski definition) is 0. The van der Waals surface area contributed by atoms with Crippen LogP contribution in [0.2, 0.25) is 5.02 Å². The zero-order chi connectivity index (χ0) is 26.4. The molecule has 0 fully saturated rings. The van der Waals surface area contributed by atoms with Crippen molar-refractivity contribution in [2.24, 2.45) is 0 Å². The first-order valence-electron chi connectivity index (χ1n) is 12.6. The summed E-state index contributed by atoms with van der Waals surface area (Å²) >= 11 is 6.11. The molecule has 4 aromatic carbocycles. The fraction of sp³-hybridized carbons (Fsp3) is 0.242. The van der Waals surface area contributed by atoms with Gasteiger partial charge >= 0.3 is 5.97 Å². The van der Waals surface area contributed by atoms with E-state index in [9.17, 15) is 4.79 Å². The van der Waals surface area contributed by atoms with E-state index in [2.05, 4.69) is 61.2 Å². The smallest absolute Gasteiger partial charge is 0.338 e. The van der Waals surface area contributed by atoms with Crippen molar-refractivity contribution in [3.05, 3.63) is 140 Å². The third-order valence-corrected chi connectivity index (χ3v) is 6.52. The third kappa shape index (κ3) is 8.04. The third-order valence-electron chi connectivity index (χ3n) is 6.26. The molecule has 0 saturated carbocycles. The van der Waals surface area contributed by atoms with Gasteiger partial charge in [-0.1, -0.05) is 94.5 Å². The van der Waals surface area contributed by atoms with Crippen LogP contribution in [-0.4, -0.2) is 10.9 Å². The zero-order valence-corrected chi connectivity index (χ0v) is 22.8. The first-order valence-corrected chi connectivity index (χ1v) is 13.0. The Morgan fingerprint density at radius 2 is 1.05 bits per heavy atom. The number of ether oxygens (including phenoxy) is 1. The minimum Gasteiger partial charge on any atom is -0.457 e. The van der Waals surface area contributed by atoms with E-state index in [1.165, 1.54) is 27.8 Å². The highest BCUT2D eigenvalue weighted by molar-refractivity contribution is 6.30. The number of aryl methyl sites for hydroxylation is 4. The van der Waals surface area contributed by atoms with Crippen LogP contribution in [0.3, 0.4) is 0 Å². The molecule has 0 atom stereocenters. The molecule has 0 unspecified atom stereocenters. The van der Waals surface area contributed by atoms with Crippen LogP contribution in [0.1, 0.15) is 54.9 Å². The molecule has 4 aromatic rings. The summed E-state index contributed by atoms with van der Waals surface area (Å²) in [6.07, 6.45) is 0. The van der Waals surface area contributed by atoms with E-state index in [1.807, 2.05) is 56.3 Å². The van der Waals surface area contributed by atoms with Crippen LogP contribution >= 0.6 is 11.6 Å². The van der Waals surface area contributed by atoms with Gasteiger partial charge in [0, 0.05) is 24.7 Å². The number of rotatable bonds is 9. The lowest BCUT2D eigenvalue weighted by molar-refractivity contribution is 0.0472. The van der Waals surface area contributed by atoms with Crippen LogP contribution in [0.25, 0.3) is 0 Å². The zero-order valence-electron chi connectivity index (χ0n) is 22.1. The van der Waals surface area contributed by atoms with Gasteiger partial charge in [0.05, 0.1) is 5.56 Å². The predicted molar refractivity (Wildman–Crippen MR) is 152 cm³/mol. The quantitative estimate of drug-likeness (QED) is 0.212. The molecule has 0 radical (unpaired) electrons. The fourth-order valence-corrected chi connectivity index (χ4v) is 4.88. The number of hydrogen-bond acceptors (Lipinski definition) is 3. The molecule has 0 saturated heterocycles. The van der Waals surface area contributed by atoms with Crippen LogP contribution in [0.15, 0.2) is 84.9 Å². The van der Waals surface area contributed by atoms with Gasteiger partial charge in [-0.3, -0.25) is 4.90 Å². The van der Waals surface area contributed by atoms with Gasteiger partial charge in [0.2, 0.25) is 0 Å². The topological polar surface area (TPSA) is 29.5 Å². The summed E-state index contributed by atoms with van der Waals surface area (Å²) in [5, 5.41) is 0.749. The maximum absolute atomic E-state index is 12.5. The number of carbonyl (C=O) groups is 1. The van der Waals surface area contributed by atoms with E-state index >= 15 is 0 Å². The summed E-state index contributed by atoms with van der Waals surface area (Å²) in [7, 11) is 0. The second kappa shape index (κ2) is 12.2. The van der Waals surface area contributed by atoms with Crippen molar-refractivity contribution in [2.45, 2.75) is 53.9 Å². The Morgan fingerprint density at radius 1 is 0.622 bits per heavy atom. The normalized spacial score (nSPS) is 11.1. The van der Waals surface area contributed by atoms with Gasteiger partial charge in [0.25, 0.3) is 0 Å². The molecule has 4 heteroatoms. The fourth-order valence-electron chi connectivity index (χ4n) is 4.76. The molecule has 0 aliphatic carbocycles. The summed E-state index contributed by atoms with van der Waals surface area (Å²) < 4.78 is 5.57. The lowest BCUT2D eigenvalue weighted by Crippen LogP contribution is -2.22. The maximum Gasteiger partial charge on any atom is 0.338 e. The first kappa shape index (κ1) is 26.7. The number of carbonyl (C=O) groups excluding carboxylic acids is 1. The Hall–Kier alpha value is -3.40. The molecule has 0 aliphatic heterocycles. The summed E-state index contributed by atoms with van der Waals surface area (Å²) in [6.45, 7) is 11.0. The van der Waals surface area contributed by atoms with Gasteiger partial charge in [0.1, 0.15) is 6.61 Å². The molecule has 0 N–H and O–H groups in total. The van der Waals surface area contributed by atoms with Crippen molar-refractivity contribution in [3.63, 3.8) is 0 Å². The van der Waals surface area contributed by atoms with Crippen LogP contribution in [-0.2, 0) is 31.0 Å². The van der Waals surface area contributed by atoms with E-state index in [0.29, 0.717) is 5.56 Å². The molecule has 0 spiro atoms. The molecule has 0 heterocycles. The number of benzene rings is 4. The average Bonchev–Trinajstić information content (AvgIpc) is 2.83. The number of esters is 1. The summed E-state index contributed by atoms with van der Waals surface area (Å²) in [5.41, 5.74) is 9.98. The number of nitrogens with zero attached hydrogens (tertiary/aromatic N) is 1. The van der Waals surface area contributed by atoms with Crippen LogP contribution in [0.4, 0.5) is 0 Å². The predicted octanol–water partition coefficient (Wildman–Crippen LogP) is 8.13. The Balaban J connectivity index is 1.43. The summed E-state index contributed by atoms with van der Waals surface area (Å²) in [5.74, 6) is -0.293. The van der Waals surface area contributed by atoms with Crippen molar-refractivity contribution in [1.82, 2.24) is 4.90 Å². The highest BCUT2D eigenvalue weighted by Crippen LogP contribution is 2.19. The van der Waals surface area contributed by atoms with Crippen molar-refractivity contribution in [2.75, 3.05) is 0 Å². The van der Waals surface area contributed by atoms with Gasteiger partial charge in [-0.2, -0.15) is 0 Å². The molecule has 0 amide bonds. The minimum absolute atomic E-state index is 0.253. The average molecular weight is 512 g/mol. The Bertz CT molecular complexity index is 1320. The van der Waals surface area contributed by atoms with Gasteiger partial charge in [-0.25, -0.2) is 4.79 Å². The van der Waals surface area contributed by atoms with Gasteiger partial charge in [-0.15, -0.1) is 0 Å². The maximum atomic E-state index is 12.5. The highest BCUT2D eigenvalue weighted by Gasteiger charge is 2.11. The lowest BCUT2D eigenvalue weighted by atomic mass is 10.1. The van der Waals surface area contributed by atoms with E-state index in [0.717, 1.165) is 41.3 Å². The van der Waals surface area contributed by atoms with Crippen molar-refractivity contribution >= 4 is 17.6 Å². The van der Waals surface area contributed by atoms with Crippen molar-refractivity contribution < 1.29 is 9.53 Å². The molecule has 0 bridgehead atoms. The van der Waals surface area contributed by atoms with Gasteiger partial charge in [-0.05, 0) is 74.2 Å². The Morgan fingerprint density at radius 3 is 1.59 bits per heavy atom. The van der Waals surface area contributed by atoms with Crippen LogP contribution < -0.4 is 0 Å². The van der Waals surface area contributed by atoms with Crippen LogP contribution in [0.5, 0.6) is 0 Å². The van der Waals surface area contributed by atoms with E-state index in [4.69, 9.17) is 16.3 Å².